The zero-order valence-electron chi connectivity index (χ0n) is 15.9. The van der Waals surface area contributed by atoms with Gasteiger partial charge in [0.25, 0.3) is 0 Å². The summed E-state index contributed by atoms with van der Waals surface area (Å²) in [5.74, 6) is 0.102. The van der Waals surface area contributed by atoms with Crippen molar-refractivity contribution in [1.82, 2.24) is 27.2 Å². The summed E-state index contributed by atoms with van der Waals surface area (Å²) in [6, 6.07) is 8.44. The molecular formula is C19H31N5O2. The molecule has 0 aromatic heterocycles. The third-order valence-electron chi connectivity index (χ3n) is 5.36. The number of rotatable bonds is 6. The second-order valence-corrected chi connectivity index (χ2v) is 8.04. The molecule has 1 unspecified atom stereocenters. The van der Waals surface area contributed by atoms with Gasteiger partial charge in [0.05, 0.1) is 11.8 Å². The van der Waals surface area contributed by atoms with E-state index in [1.807, 2.05) is 0 Å². The third-order valence-corrected chi connectivity index (χ3v) is 5.36. The first-order chi connectivity index (χ1) is 12.4. The van der Waals surface area contributed by atoms with Crippen LogP contribution in [0.25, 0.3) is 0 Å². The van der Waals surface area contributed by atoms with Gasteiger partial charge in [0.15, 0.2) is 0 Å². The Morgan fingerprint density at radius 1 is 1.27 bits per heavy atom. The maximum atomic E-state index is 12.8. The highest BCUT2D eigenvalue weighted by Crippen LogP contribution is 2.45. The standard InChI is InChI=1S/C19H31N5O2/c1-14-6-4-5-7-15(14)19(9-11-26-18(2,3)13-19)12-17(25)20-10-8-16-21-23-24-22-16/h4-7,16,21-24H,8-13H2,1-3H3,(H,20,25). The van der Waals surface area contributed by atoms with Gasteiger partial charge < -0.3 is 10.1 Å². The molecule has 1 aromatic carbocycles. The van der Waals surface area contributed by atoms with Crippen molar-refractivity contribution in [2.75, 3.05) is 13.2 Å². The van der Waals surface area contributed by atoms with Crippen molar-refractivity contribution in [2.45, 2.75) is 63.6 Å². The monoisotopic (exact) mass is 361 g/mol. The van der Waals surface area contributed by atoms with E-state index in [-0.39, 0.29) is 23.1 Å². The van der Waals surface area contributed by atoms with Crippen molar-refractivity contribution in [2.24, 2.45) is 0 Å². The number of hydrogen-bond donors (Lipinski definition) is 5. The van der Waals surface area contributed by atoms with Gasteiger partial charge >= 0.3 is 0 Å². The van der Waals surface area contributed by atoms with Crippen molar-refractivity contribution in [3.63, 3.8) is 0 Å². The molecule has 2 aliphatic rings. The topological polar surface area (TPSA) is 86.5 Å². The molecule has 1 aromatic rings. The molecule has 0 saturated carbocycles. The molecule has 7 nitrogen and oxygen atoms in total. The zero-order valence-corrected chi connectivity index (χ0v) is 15.9. The Balaban J connectivity index is 1.69. The summed E-state index contributed by atoms with van der Waals surface area (Å²) in [4.78, 5) is 12.8. The lowest BCUT2D eigenvalue weighted by molar-refractivity contribution is -0.126. The second kappa shape index (κ2) is 8.02. The Kier molecular flexibility index (Phi) is 5.94. The number of hydrazine groups is 3. The number of amides is 1. The molecule has 0 aliphatic carbocycles. The highest BCUT2D eigenvalue weighted by atomic mass is 16.5. The Morgan fingerprint density at radius 2 is 2.00 bits per heavy atom. The van der Waals surface area contributed by atoms with Crippen molar-refractivity contribution < 1.29 is 9.53 Å². The van der Waals surface area contributed by atoms with Gasteiger partial charge in [0.2, 0.25) is 5.91 Å². The first kappa shape index (κ1) is 19.3. The molecule has 7 heteroatoms. The zero-order chi connectivity index (χ0) is 18.6. The van der Waals surface area contributed by atoms with Crippen LogP contribution in [-0.2, 0) is 14.9 Å². The van der Waals surface area contributed by atoms with Gasteiger partial charge in [0.1, 0.15) is 0 Å². The quantitative estimate of drug-likeness (QED) is 0.523. The number of ether oxygens (including phenoxy) is 1. The third kappa shape index (κ3) is 4.61. The number of carbonyl (C=O) groups is 1. The highest BCUT2D eigenvalue weighted by molar-refractivity contribution is 5.77. The van der Waals surface area contributed by atoms with Gasteiger partial charge in [-0.05, 0) is 51.2 Å². The van der Waals surface area contributed by atoms with Crippen LogP contribution in [-0.4, -0.2) is 30.8 Å². The lowest BCUT2D eigenvalue weighted by Crippen LogP contribution is -2.47. The maximum absolute atomic E-state index is 12.8. The van der Waals surface area contributed by atoms with E-state index in [0.717, 1.165) is 19.3 Å². The smallest absolute Gasteiger partial charge is 0.220 e. The Bertz CT molecular complexity index is 630. The van der Waals surface area contributed by atoms with Crippen molar-refractivity contribution in [1.29, 1.82) is 0 Å². The first-order valence-corrected chi connectivity index (χ1v) is 9.38. The molecule has 1 amide bonds. The van der Waals surface area contributed by atoms with E-state index in [1.165, 1.54) is 11.1 Å². The molecule has 3 rings (SSSR count). The first-order valence-electron chi connectivity index (χ1n) is 9.38. The minimum absolute atomic E-state index is 0.0997. The Morgan fingerprint density at radius 3 is 2.69 bits per heavy atom. The van der Waals surface area contributed by atoms with Crippen LogP contribution in [0.2, 0.25) is 0 Å². The van der Waals surface area contributed by atoms with Crippen LogP contribution in [0, 0.1) is 6.92 Å². The summed E-state index contributed by atoms with van der Waals surface area (Å²) in [7, 11) is 0. The fraction of sp³-hybridized carbons (Fsp3) is 0.632. The van der Waals surface area contributed by atoms with Gasteiger partial charge in [0, 0.05) is 25.0 Å². The van der Waals surface area contributed by atoms with Crippen LogP contribution in [0.3, 0.4) is 0 Å². The van der Waals surface area contributed by atoms with Crippen molar-refractivity contribution in [3.05, 3.63) is 35.4 Å². The summed E-state index contributed by atoms with van der Waals surface area (Å²) in [5, 5.41) is 3.08. The number of nitrogens with one attached hydrogen (secondary N) is 5. The summed E-state index contributed by atoms with van der Waals surface area (Å²) >= 11 is 0. The summed E-state index contributed by atoms with van der Waals surface area (Å²) in [5.41, 5.74) is 13.7. The van der Waals surface area contributed by atoms with Crippen molar-refractivity contribution >= 4 is 5.91 Å². The minimum atomic E-state index is -0.226. The average molecular weight is 361 g/mol. The lowest BCUT2D eigenvalue weighted by atomic mass is 9.66. The predicted molar refractivity (Wildman–Crippen MR) is 101 cm³/mol. The van der Waals surface area contributed by atoms with E-state index in [0.29, 0.717) is 19.6 Å². The van der Waals surface area contributed by atoms with Crippen LogP contribution >= 0.6 is 0 Å². The molecule has 144 valence electrons. The van der Waals surface area contributed by atoms with E-state index in [1.54, 1.807) is 0 Å². The van der Waals surface area contributed by atoms with Crippen LogP contribution in [0.1, 0.15) is 50.7 Å². The largest absolute Gasteiger partial charge is 0.376 e. The van der Waals surface area contributed by atoms with Crippen LogP contribution in [0.15, 0.2) is 24.3 Å². The highest BCUT2D eigenvalue weighted by Gasteiger charge is 2.44. The van der Waals surface area contributed by atoms with Gasteiger partial charge in [-0.15, -0.1) is 0 Å². The number of carbonyl (C=O) groups excluding carboxylic acids is 1. The van der Waals surface area contributed by atoms with Gasteiger partial charge in [-0.25, -0.2) is 10.9 Å². The van der Waals surface area contributed by atoms with E-state index in [4.69, 9.17) is 4.74 Å². The number of aryl methyl sites for hydroxylation is 1. The predicted octanol–water partition coefficient (Wildman–Crippen LogP) is 1.16. The number of hydrogen-bond acceptors (Lipinski definition) is 6. The second-order valence-electron chi connectivity index (χ2n) is 8.04. The fourth-order valence-corrected chi connectivity index (χ4v) is 4.27. The van der Waals surface area contributed by atoms with Gasteiger partial charge in [-0.2, -0.15) is 11.1 Å². The summed E-state index contributed by atoms with van der Waals surface area (Å²) in [6.07, 6.45) is 3.10. The SMILES string of the molecule is Cc1ccccc1C1(CC(=O)NCCC2NNNN2)CCOC(C)(C)C1. The Labute approximate surface area is 155 Å². The normalized spacial score (nSPS) is 26.0. The van der Waals surface area contributed by atoms with Crippen LogP contribution in [0.4, 0.5) is 0 Å². The molecule has 2 heterocycles. The molecule has 26 heavy (non-hydrogen) atoms. The van der Waals surface area contributed by atoms with Crippen molar-refractivity contribution in [3.8, 4) is 0 Å². The molecule has 5 N–H and O–H groups in total. The molecular weight excluding hydrogens is 330 g/mol. The maximum Gasteiger partial charge on any atom is 0.220 e. The van der Waals surface area contributed by atoms with Crippen LogP contribution in [0.5, 0.6) is 0 Å². The minimum Gasteiger partial charge on any atom is -0.376 e. The van der Waals surface area contributed by atoms with E-state index >= 15 is 0 Å². The van der Waals surface area contributed by atoms with E-state index in [2.05, 4.69) is 72.3 Å². The Hall–Kier alpha value is -1.51. The molecule has 1 atom stereocenters. The van der Waals surface area contributed by atoms with Gasteiger partial charge in [-0.3, -0.25) is 4.79 Å². The molecule has 2 saturated heterocycles. The van der Waals surface area contributed by atoms with Gasteiger partial charge in [-0.1, -0.05) is 24.3 Å². The molecule has 0 bridgehead atoms. The molecule has 0 radical (unpaired) electrons. The molecule has 2 fully saturated rings. The fourth-order valence-electron chi connectivity index (χ4n) is 4.27. The average Bonchev–Trinajstić information content (AvgIpc) is 3.07. The summed E-state index contributed by atoms with van der Waals surface area (Å²) in [6.45, 7) is 7.68. The van der Waals surface area contributed by atoms with Crippen LogP contribution < -0.4 is 27.2 Å². The van der Waals surface area contributed by atoms with E-state index in [9.17, 15) is 4.79 Å². The summed E-state index contributed by atoms with van der Waals surface area (Å²) < 4.78 is 5.95. The van der Waals surface area contributed by atoms with E-state index < -0.39 is 0 Å². The molecule has 0 spiro atoms. The molecule has 2 aliphatic heterocycles. The number of benzene rings is 1. The lowest BCUT2D eigenvalue weighted by Gasteiger charge is -2.45.